The van der Waals surface area contributed by atoms with E-state index in [-0.39, 0.29) is 37.6 Å². The highest BCUT2D eigenvalue weighted by atomic mass is 19.1. The van der Waals surface area contributed by atoms with E-state index in [1.54, 1.807) is 25.3 Å². The van der Waals surface area contributed by atoms with Crippen LogP contribution in [0.3, 0.4) is 0 Å². The van der Waals surface area contributed by atoms with Crippen LogP contribution >= 0.6 is 0 Å². The van der Waals surface area contributed by atoms with Crippen LogP contribution in [0.5, 0.6) is 0 Å². The number of rotatable bonds is 10. The molecule has 8 heteroatoms. The van der Waals surface area contributed by atoms with E-state index in [0.29, 0.717) is 29.1 Å². The van der Waals surface area contributed by atoms with Gasteiger partial charge in [-0.3, -0.25) is 9.59 Å². The van der Waals surface area contributed by atoms with Gasteiger partial charge in [-0.2, -0.15) is 0 Å². The molecule has 0 saturated carbocycles. The molecule has 7 nitrogen and oxygen atoms in total. The van der Waals surface area contributed by atoms with Gasteiger partial charge in [-0.25, -0.2) is 9.18 Å². The van der Waals surface area contributed by atoms with Gasteiger partial charge in [-0.15, -0.1) is 0 Å². The van der Waals surface area contributed by atoms with E-state index in [1.807, 2.05) is 6.92 Å². The Morgan fingerprint density at radius 3 is 2.45 bits per heavy atom. The lowest BCUT2D eigenvalue weighted by molar-refractivity contribution is 0.0512. The largest absolute Gasteiger partial charge is 0.461 e. The molecule has 0 saturated heterocycles. The highest BCUT2D eigenvalue weighted by Crippen LogP contribution is 2.24. The number of nitrogens with zero attached hydrogens (tertiary/aromatic N) is 2. The first-order valence-corrected chi connectivity index (χ1v) is 10.2. The lowest BCUT2D eigenvalue weighted by Gasteiger charge is -2.22. The standard InChI is InChI=1S/C23H29FN2O5/c1-6-26-16(4)20(15(3)21(26)23(29)31-7-2)19(27)14-25(11-12-30-5)22(28)17-9-8-10-18(24)13-17/h8-10,13H,6-7,11-12,14H2,1-5H3. The summed E-state index contributed by atoms with van der Waals surface area (Å²) in [5, 5.41) is 0. The van der Waals surface area contributed by atoms with Crippen molar-refractivity contribution < 1.29 is 28.2 Å². The second kappa shape index (κ2) is 10.9. The molecular formula is C23H29FN2O5. The van der Waals surface area contributed by atoms with Crippen molar-refractivity contribution in [2.75, 3.05) is 33.4 Å². The van der Waals surface area contributed by atoms with Crippen molar-refractivity contribution in [3.05, 3.63) is 58.2 Å². The molecule has 0 atom stereocenters. The Bertz CT molecular complexity index is 967. The van der Waals surface area contributed by atoms with Gasteiger partial charge in [-0.1, -0.05) is 6.07 Å². The minimum atomic E-state index is -0.533. The van der Waals surface area contributed by atoms with Crippen LogP contribution in [-0.2, 0) is 16.0 Å². The number of carbonyl (C=O) groups is 3. The van der Waals surface area contributed by atoms with Gasteiger partial charge in [0.2, 0.25) is 0 Å². The molecule has 0 N–H and O–H groups in total. The fourth-order valence-corrected chi connectivity index (χ4v) is 3.67. The lowest BCUT2D eigenvalue weighted by Crippen LogP contribution is -2.38. The molecule has 0 bridgehead atoms. The third-order valence-corrected chi connectivity index (χ3v) is 5.09. The molecule has 2 rings (SSSR count). The average Bonchev–Trinajstić information content (AvgIpc) is 3.00. The van der Waals surface area contributed by atoms with Gasteiger partial charge in [0.25, 0.3) is 5.91 Å². The van der Waals surface area contributed by atoms with E-state index in [0.717, 1.165) is 6.07 Å². The summed E-state index contributed by atoms with van der Waals surface area (Å²) in [6.07, 6.45) is 0. The molecule has 31 heavy (non-hydrogen) atoms. The Kier molecular flexibility index (Phi) is 8.50. The number of esters is 1. The van der Waals surface area contributed by atoms with Gasteiger partial charge in [0.05, 0.1) is 19.8 Å². The van der Waals surface area contributed by atoms with Crippen LogP contribution in [0.1, 0.15) is 56.3 Å². The number of ketones is 1. The van der Waals surface area contributed by atoms with Crippen LogP contribution in [0.4, 0.5) is 4.39 Å². The summed E-state index contributed by atoms with van der Waals surface area (Å²) in [4.78, 5) is 40.0. The van der Waals surface area contributed by atoms with Crippen LogP contribution in [-0.4, -0.2) is 60.5 Å². The Balaban J connectivity index is 2.39. The topological polar surface area (TPSA) is 77.8 Å². The summed E-state index contributed by atoms with van der Waals surface area (Å²) >= 11 is 0. The molecule has 0 aliphatic carbocycles. The van der Waals surface area contributed by atoms with E-state index in [4.69, 9.17) is 9.47 Å². The number of ether oxygens (including phenoxy) is 2. The molecule has 1 aromatic carbocycles. The predicted molar refractivity (Wildman–Crippen MR) is 114 cm³/mol. The summed E-state index contributed by atoms with van der Waals surface area (Å²) in [6.45, 7) is 7.93. The summed E-state index contributed by atoms with van der Waals surface area (Å²) in [7, 11) is 1.49. The Hall–Kier alpha value is -3.00. The second-order valence-electron chi connectivity index (χ2n) is 7.05. The van der Waals surface area contributed by atoms with Gasteiger partial charge in [0, 0.05) is 37.0 Å². The molecule has 1 amide bonds. The highest BCUT2D eigenvalue weighted by molar-refractivity contribution is 6.06. The number of carbonyl (C=O) groups excluding carboxylic acids is 3. The number of amides is 1. The average molecular weight is 432 g/mol. The first kappa shape index (κ1) is 24.3. The van der Waals surface area contributed by atoms with E-state index in [9.17, 15) is 18.8 Å². The number of aromatic nitrogens is 1. The first-order valence-electron chi connectivity index (χ1n) is 10.2. The van der Waals surface area contributed by atoms with E-state index < -0.39 is 17.7 Å². The lowest BCUT2D eigenvalue weighted by atomic mass is 10.0. The summed E-state index contributed by atoms with van der Waals surface area (Å²) in [5.41, 5.74) is 2.03. The quantitative estimate of drug-likeness (QED) is 0.425. The SMILES string of the molecule is CCOC(=O)c1c(C)c(C(=O)CN(CCOC)C(=O)c2cccc(F)c2)c(C)n1CC. The third kappa shape index (κ3) is 5.38. The van der Waals surface area contributed by atoms with Crippen LogP contribution in [0.15, 0.2) is 24.3 Å². The molecule has 0 radical (unpaired) electrons. The van der Waals surface area contributed by atoms with Gasteiger partial charge < -0.3 is 18.9 Å². The molecule has 1 heterocycles. The fourth-order valence-electron chi connectivity index (χ4n) is 3.67. The summed E-state index contributed by atoms with van der Waals surface area (Å²) in [5.74, 6) is -1.81. The molecule has 0 spiro atoms. The minimum Gasteiger partial charge on any atom is -0.461 e. The first-order chi connectivity index (χ1) is 14.8. The van der Waals surface area contributed by atoms with Crippen molar-refractivity contribution in [2.45, 2.75) is 34.2 Å². The smallest absolute Gasteiger partial charge is 0.355 e. The summed E-state index contributed by atoms with van der Waals surface area (Å²) in [6, 6.07) is 5.33. The Morgan fingerprint density at radius 1 is 1.16 bits per heavy atom. The molecule has 0 fully saturated rings. The van der Waals surface area contributed by atoms with Crippen LogP contribution < -0.4 is 0 Å². The van der Waals surface area contributed by atoms with Crippen molar-refractivity contribution in [3.63, 3.8) is 0 Å². The number of hydrogen-bond donors (Lipinski definition) is 0. The maximum absolute atomic E-state index is 13.6. The Morgan fingerprint density at radius 2 is 1.87 bits per heavy atom. The highest BCUT2D eigenvalue weighted by Gasteiger charge is 2.28. The second-order valence-corrected chi connectivity index (χ2v) is 7.05. The third-order valence-electron chi connectivity index (χ3n) is 5.09. The van der Waals surface area contributed by atoms with Crippen LogP contribution in [0.2, 0.25) is 0 Å². The van der Waals surface area contributed by atoms with Crippen molar-refractivity contribution >= 4 is 17.7 Å². The van der Waals surface area contributed by atoms with Gasteiger partial charge in [0.1, 0.15) is 11.5 Å². The predicted octanol–water partition coefficient (Wildman–Crippen LogP) is 3.41. The zero-order valence-corrected chi connectivity index (χ0v) is 18.7. The van der Waals surface area contributed by atoms with Gasteiger partial charge >= 0.3 is 5.97 Å². The number of Topliss-reactive ketones (excluding diaryl/α,β-unsaturated/α-hetero) is 1. The molecular weight excluding hydrogens is 403 g/mol. The molecule has 0 aliphatic rings. The normalized spacial score (nSPS) is 10.8. The van der Waals surface area contributed by atoms with Crippen molar-refractivity contribution in [1.29, 1.82) is 0 Å². The van der Waals surface area contributed by atoms with Crippen molar-refractivity contribution in [1.82, 2.24) is 9.47 Å². The van der Waals surface area contributed by atoms with Crippen molar-refractivity contribution in [3.8, 4) is 0 Å². The van der Waals surface area contributed by atoms with E-state index >= 15 is 0 Å². The number of methoxy groups -OCH3 is 1. The molecule has 0 aliphatic heterocycles. The summed E-state index contributed by atoms with van der Waals surface area (Å²) < 4.78 is 25.6. The Labute approximate surface area is 181 Å². The monoisotopic (exact) mass is 432 g/mol. The molecule has 2 aromatic rings. The van der Waals surface area contributed by atoms with Crippen molar-refractivity contribution in [2.24, 2.45) is 0 Å². The van der Waals surface area contributed by atoms with E-state index in [1.165, 1.54) is 30.2 Å². The zero-order chi connectivity index (χ0) is 23.1. The fraction of sp³-hybridized carbons (Fsp3) is 0.435. The van der Waals surface area contributed by atoms with E-state index in [2.05, 4.69) is 0 Å². The minimum absolute atomic E-state index is 0.149. The van der Waals surface area contributed by atoms with Crippen LogP contribution in [0, 0.1) is 19.7 Å². The zero-order valence-electron chi connectivity index (χ0n) is 18.7. The maximum atomic E-state index is 13.6. The van der Waals surface area contributed by atoms with Gasteiger partial charge in [0.15, 0.2) is 5.78 Å². The number of hydrogen-bond acceptors (Lipinski definition) is 5. The van der Waals surface area contributed by atoms with Gasteiger partial charge in [-0.05, 0) is 51.5 Å². The number of halogens is 1. The molecule has 1 aromatic heterocycles. The van der Waals surface area contributed by atoms with Crippen LogP contribution in [0.25, 0.3) is 0 Å². The maximum Gasteiger partial charge on any atom is 0.355 e. The number of benzene rings is 1. The molecule has 168 valence electrons. The molecule has 0 unspecified atom stereocenters.